The Morgan fingerprint density at radius 1 is 0.905 bits per heavy atom. The number of fused-ring (bicyclic) bond motifs is 1. The molecule has 0 fully saturated rings. The Morgan fingerprint density at radius 2 is 1.62 bits per heavy atom. The zero-order valence-electron chi connectivity index (χ0n) is 10.6. The van der Waals surface area contributed by atoms with Gasteiger partial charge in [-0.1, -0.05) is 0 Å². The van der Waals surface area contributed by atoms with E-state index < -0.39 is 17.5 Å². The van der Waals surface area contributed by atoms with E-state index in [2.05, 4.69) is 15.3 Å². The molecule has 0 aliphatic rings. The maximum absolute atomic E-state index is 13.5. The molecule has 0 atom stereocenters. The number of anilines is 1. The van der Waals surface area contributed by atoms with Crippen molar-refractivity contribution in [3.8, 4) is 0 Å². The van der Waals surface area contributed by atoms with Gasteiger partial charge in [-0.2, -0.15) is 0 Å². The highest BCUT2D eigenvalue weighted by Crippen LogP contribution is 2.18. The summed E-state index contributed by atoms with van der Waals surface area (Å²) in [5.41, 5.74) is 1.53. The summed E-state index contributed by atoms with van der Waals surface area (Å²) < 4.78 is 39.4. The van der Waals surface area contributed by atoms with Crippen LogP contribution in [0.2, 0.25) is 0 Å². The smallest absolute Gasteiger partial charge is 0.323 e. The predicted molar refractivity (Wildman–Crippen MR) is 72.6 cm³/mol. The lowest BCUT2D eigenvalue weighted by molar-refractivity contribution is 0.490. The molecular formula is C14H10F3N3O. The molecule has 4 nitrogen and oxygen atoms in total. The van der Waals surface area contributed by atoms with E-state index in [9.17, 15) is 18.0 Å². The number of H-pyrrole nitrogens is 2. The highest BCUT2D eigenvalue weighted by Gasteiger charge is 2.09. The van der Waals surface area contributed by atoms with Crippen LogP contribution in [-0.4, -0.2) is 9.97 Å². The monoisotopic (exact) mass is 293 g/mol. The number of hydrogen-bond acceptors (Lipinski definition) is 2. The van der Waals surface area contributed by atoms with Gasteiger partial charge in [0.25, 0.3) is 0 Å². The van der Waals surface area contributed by atoms with E-state index in [1.54, 1.807) is 18.2 Å². The van der Waals surface area contributed by atoms with E-state index in [1.807, 2.05) is 0 Å². The molecule has 1 heterocycles. The molecule has 0 saturated heterocycles. The fourth-order valence-corrected chi connectivity index (χ4v) is 2.04. The van der Waals surface area contributed by atoms with Gasteiger partial charge in [0.2, 0.25) is 0 Å². The molecule has 0 saturated carbocycles. The van der Waals surface area contributed by atoms with Crippen LogP contribution in [0.25, 0.3) is 11.0 Å². The van der Waals surface area contributed by atoms with E-state index in [4.69, 9.17) is 0 Å². The van der Waals surface area contributed by atoms with E-state index in [1.165, 1.54) is 0 Å². The molecule has 0 spiro atoms. The van der Waals surface area contributed by atoms with Gasteiger partial charge >= 0.3 is 5.69 Å². The first-order valence-corrected chi connectivity index (χ1v) is 6.12. The zero-order chi connectivity index (χ0) is 15.0. The molecule has 7 heteroatoms. The van der Waals surface area contributed by atoms with Crippen LogP contribution in [0.5, 0.6) is 0 Å². The minimum absolute atomic E-state index is 0.0107. The second-order valence-electron chi connectivity index (χ2n) is 4.55. The number of rotatable bonds is 3. The second kappa shape index (κ2) is 5.01. The molecule has 2 aromatic carbocycles. The molecule has 108 valence electrons. The van der Waals surface area contributed by atoms with Crippen molar-refractivity contribution in [3.63, 3.8) is 0 Å². The van der Waals surface area contributed by atoms with Crippen LogP contribution in [0.1, 0.15) is 5.56 Å². The SMILES string of the molecule is O=c1[nH]c2ccc(NCc3cc(F)c(F)cc3F)cc2[nH]1. The number of hydrogen-bond donors (Lipinski definition) is 3. The van der Waals surface area contributed by atoms with Crippen molar-refractivity contribution in [1.82, 2.24) is 9.97 Å². The second-order valence-corrected chi connectivity index (χ2v) is 4.55. The minimum Gasteiger partial charge on any atom is -0.381 e. The average Bonchev–Trinajstić information content (AvgIpc) is 2.80. The summed E-state index contributed by atoms with van der Waals surface area (Å²) >= 11 is 0. The summed E-state index contributed by atoms with van der Waals surface area (Å²) in [7, 11) is 0. The van der Waals surface area contributed by atoms with Gasteiger partial charge in [-0.3, -0.25) is 0 Å². The topological polar surface area (TPSA) is 60.7 Å². The Bertz CT molecular complexity index is 870. The van der Waals surface area contributed by atoms with Crippen molar-refractivity contribution < 1.29 is 13.2 Å². The third-order valence-electron chi connectivity index (χ3n) is 3.09. The number of aromatic amines is 2. The largest absolute Gasteiger partial charge is 0.381 e. The van der Waals surface area contributed by atoms with Crippen LogP contribution >= 0.6 is 0 Å². The molecule has 1 aromatic heterocycles. The van der Waals surface area contributed by atoms with E-state index in [0.717, 1.165) is 6.07 Å². The quantitative estimate of drug-likeness (QED) is 0.650. The minimum atomic E-state index is -1.22. The van der Waals surface area contributed by atoms with Crippen molar-refractivity contribution in [2.45, 2.75) is 6.54 Å². The fourth-order valence-electron chi connectivity index (χ4n) is 2.04. The number of imidazole rings is 1. The maximum Gasteiger partial charge on any atom is 0.323 e. The molecule has 0 aliphatic carbocycles. The van der Waals surface area contributed by atoms with Gasteiger partial charge in [-0.05, 0) is 24.3 Å². The van der Waals surface area contributed by atoms with Crippen molar-refractivity contribution in [3.05, 3.63) is 63.8 Å². The first-order chi connectivity index (χ1) is 10.0. The van der Waals surface area contributed by atoms with Crippen molar-refractivity contribution in [2.24, 2.45) is 0 Å². The summed E-state index contributed by atoms with van der Waals surface area (Å²) in [6.07, 6.45) is 0. The van der Waals surface area contributed by atoms with Gasteiger partial charge in [0.05, 0.1) is 11.0 Å². The Kier molecular flexibility index (Phi) is 3.17. The molecule has 0 aliphatic heterocycles. The van der Waals surface area contributed by atoms with Crippen molar-refractivity contribution in [1.29, 1.82) is 0 Å². The van der Waals surface area contributed by atoms with Crippen LogP contribution in [0.15, 0.2) is 35.1 Å². The molecule has 0 radical (unpaired) electrons. The number of benzene rings is 2. The van der Waals surface area contributed by atoms with Crippen LogP contribution in [0, 0.1) is 17.5 Å². The Hall–Kier alpha value is -2.70. The molecule has 3 aromatic rings. The first-order valence-electron chi connectivity index (χ1n) is 6.12. The standard InChI is InChI=1S/C14H10F3N3O/c15-9-5-11(17)10(16)3-7(9)6-18-8-1-2-12-13(4-8)20-14(21)19-12/h1-5,18H,6H2,(H2,19,20,21). The third kappa shape index (κ3) is 2.62. The Balaban J connectivity index is 1.82. The normalized spacial score (nSPS) is 11.0. The summed E-state index contributed by atoms with van der Waals surface area (Å²) in [4.78, 5) is 16.3. The summed E-state index contributed by atoms with van der Waals surface area (Å²) in [5.74, 6) is -3.14. The predicted octanol–water partition coefficient (Wildman–Crippen LogP) is 2.89. The third-order valence-corrected chi connectivity index (χ3v) is 3.09. The van der Waals surface area contributed by atoms with E-state index >= 15 is 0 Å². The molecule has 0 unspecified atom stereocenters. The van der Waals surface area contributed by atoms with Gasteiger partial charge < -0.3 is 15.3 Å². The molecule has 0 amide bonds. The van der Waals surface area contributed by atoms with Crippen molar-refractivity contribution in [2.75, 3.05) is 5.32 Å². The average molecular weight is 293 g/mol. The number of halogens is 3. The van der Waals surface area contributed by atoms with Gasteiger partial charge in [-0.25, -0.2) is 18.0 Å². The van der Waals surface area contributed by atoms with Gasteiger partial charge in [0.15, 0.2) is 11.6 Å². The molecule has 3 rings (SSSR count). The molecule has 21 heavy (non-hydrogen) atoms. The molecular weight excluding hydrogens is 283 g/mol. The summed E-state index contributed by atoms with van der Waals surface area (Å²) in [5, 5.41) is 2.88. The summed E-state index contributed by atoms with van der Waals surface area (Å²) in [6, 6.07) is 6.35. The Morgan fingerprint density at radius 3 is 2.43 bits per heavy atom. The van der Waals surface area contributed by atoms with Gasteiger partial charge in [0.1, 0.15) is 5.82 Å². The highest BCUT2D eigenvalue weighted by atomic mass is 19.2. The van der Waals surface area contributed by atoms with Crippen LogP contribution < -0.4 is 11.0 Å². The zero-order valence-corrected chi connectivity index (χ0v) is 10.6. The fraction of sp³-hybridized carbons (Fsp3) is 0.0714. The highest BCUT2D eigenvalue weighted by molar-refractivity contribution is 5.78. The van der Waals surface area contributed by atoms with E-state index in [-0.39, 0.29) is 17.8 Å². The first kappa shape index (κ1) is 13.3. The number of nitrogens with one attached hydrogen (secondary N) is 3. The van der Waals surface area contributed by atoms with Gasteiger partial charge in [0, 0.05) is 23.9 Å². The van der Waals surface area contributed by atoms with Crippen molar-refractivity contribution >= 4 is 16.7 Å². The lowest BCUT2D eigenvalue weighted by Crippen LogP contribution is -2.03. The van der Waals surface area contributed by atoms with Crippen LogP contribution in [-0.2, 0) is 6.54 Å². The number of aromatic nitrogens is 2. The molecule has 0 bridgehead atoms. The summed E-state index contributed by atoms with van der Waals surface area (Å²) in [6.45, 7) is -0.0107. The van der Waals surface area contributed by atoms with Gasteiger partial charge in [-0.15, -0.1) is 0 Å². The lowest BCUT2D eigenvalue weighted by atomic mass is 10.2. The molecule has 3 N–H and O–H groups in total. The maximum atomic E-state index is 13.5. The van der Waals surface area contributed by atoms with E-state index in [0.29, 0.717) is 22.8 Å². The lowest BCUT2D eigenvalue weighted by Gasteiger charge is -2.08. The van der Waals surface area contributed by atoms with Crippen LogP contribution in [0.4, 0.5) is 18.9 Å². The Labute approximate surface area is 116 Å². The van der Waals surface area contributed by atoms with Crippen LogP contribution in [0.3, 0.4) is 0 Å².